The van der Waals surface area contributed by atoms with Crippen LogP contribution >= 0.6 is 0 Å². The van der Waals surface area contributed by atoms with Crippen LogP contribution in [0.5, 0.6) is 0 Å². The lowest BCUT2D eigenvalue weighted by molar-refractivity contribution is 0.489. The van der Waals surface area contributed by atoms with Gasteiger partial charge in [-0.3, -0.25) is 20.1 Å². The van der Waals surface area contributed by atoms with Crippen molar-refractivity contribution in [3.63, 3.8) is 0 Å². The van der Waals surface area contributed by atoms with Gasteiger partial charge in [-0.2, -0.15) is 5.10 Å². The van der Waals surface area contributed by atoms with Gasteiger partial charge in [0.1, 0.15) is 11.4 Å². The minimum Gasteiger partial charge on any atom is -0.337 e. The number of nitrogens with one attached hydrogen (secondary N) is 3. The van der Waals surface area contributed by atoms with E-state index >= 15 is 4.39 Å². The minimum absolute atomic E-state index is 0.240. The second kappa shape index (κ2) is 9.99. The average Bonchev–Trinajstić information content (AvgIpc) is 3.73. The Kier molecular flexibility index (Phi) is 6.05. The number of halogens is 1. The summed E-state index contributed by atoms with van der Waals surface area (Å²) in [6.45, 7) is 1.69. The molecule has 0 saturated heterocycles. The Bertz CT molecular complexity index is 1770. The second-order valence-electron chi connectivity index (χ2n) is 10.2. The number of pyridine rings is 3. The van der Waals surface area contributed by atoms with Crippen LogP contribution in [0.2, 0.25) is 0 Å². The fraction of sp³-hybridized carbons (Fsp3) is 0.233. The number of nitrogens with zero attached hydrogens (tertiary/aromatic N) is 5. The number of benzene rings is 1. The number of hydrogen-bond donors (Lipinski definition) is 3. The lowest BCUT2D eigenvalue weighted by atomic mass is 10.1. The Morgan fingerprint density at radius 2 is 1.79 bits per heavy atom. The average molecular weight is 519 g/mol. The van der Waals surface area contributed by atoms with Crippen LogP contribution in [0.1, 0.15) is 31.2 Å². The van der Waals surface area contributed by atoms with Crippen molar-refractivity contribution < 1.29 is 4.39 Å². The molecule has 1 aromatic carbocycles. The molecule has 39 heavy (non-hydrogen) atoms. The SMILES string of the molecule is Fc1c(-c2cncc(CNCC3CCCC3)c2)ncc2[nH]nc(-c3nc4c(-c5ccncc5)cccc4[nH]3)c12. The molecule has 0 spiro atoms. The standard InChI is InChI=1S/C30H27FN8/c31-26-25-24(17-35-27(26)21-12-19(15-34-16-21)14-33-13-18-4-1-2-5-18)38-39-29(25)30-36-23-7-3-6-22(28(23)37-30)20-8-10-32-11-9-20/h3,6-12,15-18,33H,1-2,4-5,13-14H2,(H,36,37)(H,38,39). The van der Waals surface area contributed by atoms with Crippen LogP contribution in [0.4, 0.5) is 4.39 Å². The van der Waals surface area contributed by atoms with E-state index in [4.69, 9.17) is 4.98 Å². The van der Waals surface area contributed by atoms with Crippen molar-refractivity contribution in [3.8, 4) is 33.9 Å². The number of aromatic nitrogens is 7. The third kappa shape index (κ3) is 4.44. The first kappa shape index (κ1) is 23.6. The molecule has 0 amide bonds. The van der Waals surface area contributed by atoms with E-state index in [1.807, 2.05) is 42.6 Å². The number of H-pyrrole nitrogens is 2. The summed E-state index contributed by atoms with van der Waals surface area (Å²) in [5.41, 5.74) is 6.37. The lowest BCUT2D eigenvalue weighted by Crippen LogP contribution is -2.20. The maximum atomic E-state index is 16.1. The zero-order chi connectivity index (χ0) is 26.2. The quantitative estimate of drug-likeness (QED) is 0.238. The Morgan fingerprint density at radius 3 is 2.67 bits per heavy atom. The van der Waals surface area contributed by atoms with E-state index in [9.17, 15) is 0 Å². The number of para-hydroxylation sites is 1. The zero-order valence-electron chi connectivity index (χ0n) is 21.3. The molecule has 6 aromatic rings. The lowest BCUT2D eigenvalue weighted by Gasteiger charge is -2.11. The summed E-state index contributed by atoms with van der Waals surface area (Å²) in [6.07, 6.45) is 13.8. The molecule has 3 N–H and O–H groups in total. The first-order chi connectivity index (χ1) is 19.2. The van der Waals surface area contributed by atoms with E-state index in [0.717, 1.165) is 40.2 Å². The van der Waals surface area contributed by atoms with Crippen molar-refractivity contribution in [2.75, 3.05) is 6.54 Å². The number of aromatic amines is 2. The number of fused-ring (bicyclic) bond motifs is 2. The molecule has 1 fully saturated rings. The number of rotatable bonds is 7. The summed E-state index contributed by atoms with van der Waals surface area (Å²) >= 11 is 0. The fourth-order valence-electron chi connectivity index (χ4n) is 5.61. The van der Waals surface area contributed by atoms with Gasteiger partial charge in [0.2, 0.25) is 0 Å². The smallest absolute Gasteiger partial charge is 0.161 e. The first-order valence-electron chi connectivity index (χ1n) is 13.3. The van der Waals surface area contributed by atoms with Gasteiger partial charge in [-0.05, 0) is 60.7 Å². The van der Waals surface area contributed by atoms with Crippen LogP contribution in [0.15, 0.2) is 67.4 Å². The Balaban J connectivity index is 1.24. The summed E-state index contributed by atoms with van der Waals surface area (Å²) in [7, 11) is 0. The van der Waals surface area contributed by atoms with Gasteiger partial charge in [0.05, 0.1) is 28.1 Å². The molecule has 0 radical (unpaired) electrons. The molecular weight excluding hydrogens is 491 g/mol. The van der Waals surface area contributed by atoms with Crippen molar-refractivity contribution in [2.24, 2.45) is 5.92 Å². The highest BCUT2D eigenvalue weighted by atomic mass is 19.1. The predicted molar refractivity (Wildman–Crippen MR) is 149 cm³/mol. The van der Waals surface area contributed by atoms with E-state index in [1.165, 1.54) is 25.7 Å². The van der Waals surface area contributed by atoms with Gasteiger partial charge in [-0.15, -0.1) is 0 Å². The molecule has 0 bridgehead atoms. The van der Waals surface area contributed by atoms with Crippen LogP contribution < -0.4 is 5.32 Å². The molecule has 5 heterocycles. The third-order valence-corrected chi connectivity index (χ3v) is 7.58. The van der Waals surface area contributed by atoms with Crippen molar-refractivity contribution in [3.05, 3.63) is 78.8 Å². The molecule has 8 nitrogen and oxygen atoms in total. The normalized spacial score (nSPS) is 14.1. The highest BCUT2D eigenvalue weighted by Crippen LogP contribution is 2.34. The number of imidazole rings is 1. The summed E-state index contributed by atoms with van der Waals surface area (Å²) < 4.78 is 16.1. The summed E-state index contributed by atoms with van der Waals surface area (Å²) in [5.74, 6) is 0.780. The Labute approximate surface area is 224 Å². The monoisotopic (exact) mass is 518 g/mol. The summed E-state index contributed by atoms with van der Waals surface area (Å²) in [5, 5.41) is 11.2. The minimum atomic E-state index is -0.455. The van der Waals surface area contributed by atoms with Crippen LogP contribution in [-0.2, 0) is 6.54 Å². The molecule has 0 aliphatic heterocycles. The highest BCUT2D eigenvalue weighted by Gasteiger charge is 2.21. The van der Waals surface area contributed by atoms with Gasteiger partial charge < -0.3 is 10.3 Å². The van der Waals surface area contributed by atoms with Gasteiger partial charge in [-0.25, -0.2) is 9.37 Å². The molecule has 0 atom stereocenters. The maximum absolute atomic E-state index is 16.1. The largest absolute Gasteiger partial charge is 0.337 e. The van der Waals surface area contributed by atoms with E-state index in [0.29, 0.717) is 34.5 Å². The molecule has 7 rings (SSSR count). The molecule has 5 aromatic heterocycles. The van der Waals surface area contributed by atoms with E-state index in [-0.39, 0.29) is 5.69 Å². The van der Waals surface area contributed by atoms with E-state index < -0.39 is 5.82 Å². The Hall–Kier alpha value is -4.50. The topological polar surface area (TPSA) is 108 Å². The highest BCUT2D eigenvalue weighted by molar-refractivity contribution is 5.98. The molecule has 1 aliphatic carbocycles. The van der Waals surface area contributed by atoms with Crippen LogP contribution in [0, 0.1) is 11.7 Å². The molecular formula is C30H27FN8. The van der Waals surface area contributed by atoms with Gasteiger partial charge in [-0.1, -0.05) is 25.0 Å². The van der Waals surface area contributed by atoms with Crippen molar-refractivity contribution in [2.45, 2.75) is 32.2 Å². The number of hydrogen-bond acceptors (Lipinski definition) is 6. The first-order valence-corrected chi connectivity index (χ1v) is 13.3. The molecule has 194 valence electrons. The zero-order valence-corrected chi connectivity index (χ0v) is 21.3. The van der Waals surface area contributed by atoms with E-state index in [2.05, 4.69) is 35.5 Å². The molecule has 9 heteroatoms. The van der Waals surface area contributed by atoms with Crippen molar-refractivity contribution >= 4 is 21.9 Å². The van der Waals surface area contributed by atoms with Crippen molar-refractivity contribution in [1.29, 1.82) is 0 Å². The van der Waals surface area contributed by atoms with Gasteiger partial charge >= 0.3 is 0 Å². The van der Waals surface area contributed by atoms with Crippen LogP contribution in [0.25, 0.3) is 55.8 Å². The molecule has 1 aliphatic rings. The summed E-state index contributed by atoms with van der Waals surface area (Å²) in [4.78, 5) is 21.1. The van der Waals surface area contributed by atoms with E-state index in [1.54, 1.807) is 24.8 Å². The van der Waals surface area contributed by atoms with Gasteiger partial charge in [0.15, 0.2) is 11.6 Å². The Morgan fingerprint density at radius 1 is 0.923 bits per heavy atom. The van der Waals surface area contributed by atoms with Crippen LogP contribution in [0.3, 0.4) is 0 Å². The predicted octanol–water partition coefficient (Wildman–Crippen LogP) is 6.04. The molecule has 1 saturated carbocycles. The third-order valence-electron chi connectivity index (χ3n) is 7.58. The fourth-order valence-corrected chi connectivity index (χ4v) is 5.61. The molecule has 0 unspecified atom stereocenters. The maximum Gasteiger partial charge on any atom is 0.161 e. The van der Waals surface area contributed by atoms with Gasteiger partial charge in [0.25, 0.3) is 0 Å². The van der Waals surface area contributed by atoms with Gasteiger partial charge in [0, 0.05) is 42.5 Å². The second-order valence-corrected chi connectivity index (χ2v) is 10.2. The van der Waals surface area contributed by atoms with Crippen LogP contribution in [-0.4, -0.2) is 41.7 Å². The van der Waals surface area contributed by atoms with Crippen molar-refractivity contribution in [1.82, 2.24) is 40.4 Å². The summed E-state index contributed by atoms with van der Waals surface area (Å²) in [6, 6.07) is 11.8.